The first-order valence-electron chi connectivity index (χ1n) is 7.36. The van der Waals surface area contributed by atoms with Crippen LogP contribution in [-0.4, -0.2) is 36.9 Å². The van der Waals surface area contributed by atoms with Crippen LogP contribution in [0.4, 0.5) is 0 Å². The first kappa shape index (κ1) is 18.4. The Kier molecular flexibility index (Phi) is 8.21. The van der Waals surface area contributed by atoms with Gasteiger partial charge in [-0.2, -0.15) is 0 Å². The number of methoxy groups -OCH3 is 1. The highest BCUT2D eigenvalue weighted by molar-refractivity contribution is 8.13. The molecule has 0 unspecified atom stereocenters. The molecule has 0 aliphatic heterocycles. The maximum absolute atomic E-state index is 11.5. The van der Waals surface area contributed by atoms with Crippen molar-refractivity contribution in [3.63, 3.8) is 0 Å². The Morgan fingerprint density at radius 3 is 2.43 bits per heavy atom. The average molecular weight is 338 g/mol. The number of halogens is 1. The summed E-state index contributed by atoms with van der Waals surface area (Å²) >= 11 is 0. The van der Waals surface area contributed by atoms with Gasteiger partial charge in [-0.3, -0.25) is 4.57 Å². The topological polar surface area (TPSA) is 74.1 Å². The molecule has 0 saturated heterocycles. The highest BCUT2D eigenvalue weighted by atomic mass is 35.7. The van der Waals surface area contributed by atoms with Crippen LogP contribution in [-0.2, 0) is 26.8 Å². The third-order valence-corrected chi connectivity index (χ3v) is 4.44. The number of aryl methyl sites for hydroxylation is 1. The molecular weight excluding hydrogens is 314 g/mol. The van der Waals surface area contributed by atoms with Gasteiger partial charge < -0.3 is 4.74 Å². The fourth-order valence-corrected chi connectivity index (χ4v) is 3.10. The third kappa shape index (κ3) is 6.32. The third-order valence-electron chi connectivity index (χ3n) is 3.28. The second kappa shape index (κ2) is 9.38. The monoisotopic (exact) mass is 337 g/mol. The lowest BCUT2D eigenvalue weighted by atomic mass is 10.1. The summed E-state index contributed by atoms with van der Waals surface area (Å²) < 4.78 is 29.5. The normalized spacial score (nSPS) is 12.0. The van der Waals surface area contributed by atoms with Crippen LogP contribution in [0.3, 0.4) is 0 Å². The number of hydrogen-bond donors (Lipinski definition) is 0. The van der Waals surface area contributed by atoms with E-state index in [4.69, 9.17) is 15.4 Å². The zero-order valence-corrected chi connectivity index (χ0v) is 14.3. The van der Waals surface area contributed by atoms with E-state index in [2.05, 4.69) is 17.1 Å². The maximum Gasteiger partial charge on any atom is 0.296 e. The van der Waals surface area contributed by atoms with Gasteiger partial charge in [-0.1, -0.05) is 39.0 Å². The summed E-state index contributed by atoms with van der Waals surface area (Å²) in [5, 5.41) is 7.48. The minimum atomic E-state index is -3.88. The van der Waals surface area contributed by atoms with Crippen molar-refractivity contribution < 1.29 is 13.2 Å². The van der Waals surface area contributed by atoms with Gasteiger partial charge >= 0.3 is 0 Å². The SMILES string of the molecule is CCCCCCCCc1nnc(S(=O)(=O)Cl)n1CCOC. The molecule has 0 radical (unpaired) electrons. The van der Waals surface area contributed by atoms with E-state index in [1.165, 1.54) is 30.3 Å². The Morgan fingerprint density at radius 2 is 1.81 bits per heavy atom. The van der Waals surface area contributed by atoms with Gasteiger partial charge in [0, 0.05) is 30.8 Å². The highest BCUT2D eigenvalue weighted by Gasteiger charge is 2.22. The number of unbranched alkanes of at least 4 members (excludes halogenated alkanes) is 5. The minimum absolute atomic E-state index is 0.192. The van der Waals surface area contributed by atoms with Gasteiger partial charge in [0.2, 0.25) is 0 Å². The van der Waals surface area contributed by atoms with Gasteiger partial charge in [0.05, 0.1) is 6.61 Å². The fourth-order valence-electron chi connectivity index (χ4n) is 2.15. The van der Waals surface area contributed by atoms with Crippen LogP contribution in [0.15, 0.2) is 5.16 Å². The Labute approximate surface area is 131 Å². The summed E-state index contributed by atoms with van der Waals surface area (Å²) in [5.74, 6) is 0.654. The standard InChI is InChI=1S/C13H24ClN3O3S/c1-3-4-5-6-7-8-9-12-15-16-13(21(14,18)19)17(12)10-11-20-2/h3-11H2,1-2H3. The number of hydrogen-bond acceptors (Lipinski definition) is 5. The van der Waals surface area contributed by atoms with Crippen molar-refractivity contribution in [2.45, 2.75) is 63.6 Å². The van der Waals surface area contributed by atoms with Crippen molar-refractivity contribution in [3.05, 3.63) is 5.82 Å². The molecule has 1 aromatic heterocycles. The average Bonchev–Trinajstić information content (AvgIpc) is 2.83. The smallest absolute Gasteiger partial charge is 0.296 e. The molecule has 0 N–H and O–H groups in total. The van der Waals surface area contributed by atoms with Crippen molar-refractivity contribution in [1.82, 2.24) is 14.8 Å². The zero-order valence-electron chi connectivity index (χ0n) is 12.7. The summed E-state index contributed by atoms with van der Waals surface area (Å²) in [7, 11) is 3.07. The lowest BCUT2D eigenvalue weighted by Gasteiger charge is -2.08. The fraction of sp³-hybridized carbons (Fsp3) is 0.846. The van der Waals surface area contributed by atoms with E-state index in [0.717, 1.165) is 12.8 Å². The van der Waals surface area contributed by atoms with E-state index in [-0.39, 0.29) is 5.16 Å². The molecule has 0 bridgehead atoms. The molecule has 0 spiro atoms. The molecular formula is C13H24ClN3O3S. The second-order valence-corrected chi connectivity index (χ2v) is 7.46. The molecule has 1 heterocycles. The Morgan fingerprint density at radius 1 is 1.14 bits per heavy atom. The minimum Gasteiger partial charge on any atom is -0.383 e. The first-order valence-corrected chi connectivity index (χ1v) is 9.67. The van der Waals surface area contributed by atoms with Crippen molar-refractivity contribution in [2.75, 3.05) is 13.7 Å². The van der Waals surface area contributed by atoms with Gasteiger partial charge in [-0.05, 0) is 6.42 Å². The second-order valence-electron chi connectivity index (χ2n) is 5.00. The zero-order chi connectivity index (χ0) is 15.7. The first-order chi connectivity index (χ1) is 10.0. The molecule has 0 fully saturated rings. The van der Waals surface area contributed by atoms with Gasteiger partial charge in [-0.15, -0.1) is 10.2 Å². The molecule has 122 valence electrons. The van der Waals surface area contributed by atoms with Gasteiger partial charge in [-0.25, -0.2) is 8.42 Å². The van der Waals surface area contributed by atoms with E-state index in [0.29, 0.717) is 25.4 Å². The number of aromatic nitrogens is 3. The maximum atomic E-state index is 11.5. The molecule has 0 aromatic carbocycles. The van der Waals surface area contributed by atoms with E-state index in [1.54, 1.807) is 7.11 Å². The Hall–Kier alpha value is -0.660. The molecule has 21 heavy (non-hydrogen) atoms. The predicted molar refractivity (Wildman–Crippen MR) is 82.0 cm³/mol. The molecule has 0 amide bonds. The summed E-state index contributed by atoms with van der Waals surface area (Å²) in [6, 6.07) is 0. The van der Waals surface area contributed by atoms with Gasteiger partial charge in [0.25, 0.3) is 14.2 Å². The lowest BCUT2D eigenvalue weighted by molar-refractivity contribution is 0.183. The Bertz CT molecular complexity index is 517. The van der Waals surface area contributed by atoms with Crippen LogP contribution in [0, 0.1) is 0 Å². The Balaban J connectivity index is 2.62. The van der Waals surface area contributed by atoms with E-state index in [9.17, 15) is 8.42 Å². The van der Waals surface area contributed by atoms with E-state index < -0.39 is 9.05 Å². The summed E-state index contributed by atoms with van der Waals surface area (Å²) in [6.45, 7) is 2.96. The van der Waals surface area contributed by atoms with Crippen LogP contribution < -0.4 is 0 Å². The van der Waals surface area contributed by atoms with Crippen molar-refractivity contribution >= 4 is 19.7 Å². The molecule has 1 rings (SSSR count). The molecule has 0 aliphatic rings. The molecule has 0 aliphatic carbocycles. The summed E-state index contributed by atoms with van der Waals surface area (Å²) in [4.78, 5) is 0. The van der Waals surface area contributed by atoms with Crippen LogP contribution in [0.1, 0.15) is 51.3 Å². The number of rotatable bonds is 11. The van der Waals surface area contributed by atoms with Crippen LogP contribution in [0.2, 0.25) is 0 Å². The molecule has 8 heteroatoms. The summed E-state index contributed by atoms with van der Waals surface area (Å²) in [6.07, 6.45) is 7.71. The van der Waals surface area contributed by atoms with E-state index in [1.807, 2.05) is 0 Å². The van der Waals surface area contributed by atoms with Crippen molar-refractivity contribution in [1.29, 1.82) is 0 Å². The van der Waals surface area contributed by atoms with Gasteiger partial charge in [0.1, 0.15) is 5.82 Å². The van der Waals surface area contributed by atoms with Gasteiger partial charge in [0.15, 0.2) is 0 Å². The number of nitrogens with zero attached hydrogens (tertiary/aromatic N) is 3. The van der Waals surface area contributed by atoms with Crippen LogP contribution in [0.5, 0.6) is 0 Å². The summed E-state index contributed by atoms with van der Waals surface area (Å²) in [5.41, 5.74) is 0. The molecule has 6 nitrogen and oxygen atoms in total. The van der Waals surface area contributed by atoms with Crippen molar-refractivity contribution in [3.8, 4) is 0 Å². The van der Waals surface area contributed by atoms with Crippen LogP contribution >= 0.6 is 10.7 Å². The highest BCUT2D eigenvalue weighted by Crippen LogP contribution is 2.16. The van der Waals surface area contributed by atoms with E-state index >= 15 is 0 Å². The predicted octanol–water partition coefficient (Wildman–Crippen LogP) is 2.76. The molecule has 0 saturated carbocycles. The van der Waals surface area contributed by atoms with Crippen molar-refractivity contribution in [2.24, 2.45) is 0 Å². The quantitative estimate of drug-likeness (QED) is 0.458. The van der Waals surface area contributed by atoms with Crippen LogP contribution in [0.25, 0.3) is 0 Å². The largest absolute Gasteiger partial charge is 0.383 e. The lowest BCUT2D eigenvalue weighted by Crippen LogP contribution is -2.13. The molecule has 0 atom stereocenters. The molecule has 1 aromatic rings. The number of ether oxygens (including phenoxy) is 1.